The molecule has 0 bridgehead atoms. The van der Waals surface area contributed by atoms with E-state index in [1.807, 2.05) is 32.9 Å². The van der Waals surface area contributed by atoms with Gasteiger partial charge in [-0.05, 0) is 50.1 Å². The molecule has 0 fully saturated rings. The third-order valence-corrected chi connectivity index (χ3v) is 2.84. The van der Waals surface area contributed by atoms with Crippen LogP contribution in [0.3, 0.4) is 0 Å². The normalized spacial score (nSPS) is 12.2. The molecule has 1 nitrogen and oxygen atoms in total. The maximum Gasteiger partial charge on any atom is 0.401 e. The van der Waals surface area contributed by atoms with Crippen LogP contribution >= 0.6 is 0 Å². The van der Waals surface area contributed by atoms with Crippen molar-refractivity contribution in [1.29, 1.82) is 0 Å². The van der Waals surface area contributed by atoms with Gasteiger partial charge in [-0.15, -0.1) is 0 Å². The van der Waals surface area contributed by atoms with Gasteiger partial charge >= 0.3 is 6.18 Å². The maximum absolute atomic E-state index is 12.2. The topological polar surface area (TPSA) is 3.24 Å². The lowest BCUT2D eigenvalue weighted by atomic mass is 10.0. The van der Waals surface area contributed by atoms with Crippen molar-refractivity contribution in [2.24, 2.45) is 0 Å². The molecule has 0 aliphatic carbocycles. The van der Waals surface area contributed by atoms with Crippen LogP contribution in [0.2, 0.25) is 0 Å². The van der Waals surface area contributed by atoms with E-state index < -0.39 is 12.7 Å². The van der Waals surface area contributed by atoms with E-state index in [0.717, 1.165) is 16.7 Å². The summed E-state index contributed by atoms with van der Waals surface area (Å²) < 4.78 is 36.6. The standard InChI is InChI=1S/C13H18F3N/c1-9-5-11(3)12(6-10(9)2)7-17(4)8-13(14,15)16/h5-6H,7-8H2,1-4H3. The highest BCUT2D eigenvalue weighted by Gasteiger charge is 2.29. The van der Waals surface area contributed by atoms with E-state index in [-0.39, 0.29) is 0 Å². The van der Waals surface area contributed by atoms with Crippen molar-refractivity contribution >= 4 is 0 Å². The molecule has 0 aliphatic rings. The van der Waals surface area contributed by atoms with Crippen molar-refractivity contribution < 1.29 is 13.2 Å². The minimum Gasteiger partial charge on any atom is -0.294 e. The van der Waals surface area contributed by atoms with Gasteiger partial charge in [0.05, 0.1) is 6.54 Å². The highest BCUT2D eigenvalue weighted by atomic mass is 19.4. The summed E-state index contributed by atoms with van der Waals surface area (Å²) in [6, 6.07) is 3.99. The van der Waals surface area contributed by atoms with E-state index in [4.69, 9.17) is 0 Å². The van der Waals surface area contributed by atoms with E-state index in [1.165, 1.54) is 17.5 Å². The molecule has 0 radical (unpaired) electrons. The zero-order valence-electron chi connectivity index (χ0n) is 10.7. The Balaban J connectivity index is 2.78. The Kier molecular flexibility index (Phi) is 4.20. The molecule has 17 heavy (non-hydrogen) atoms. The predicted molar refractivity (Wildman–Crippen MR) is 63.0 cm³/mol. The first-order chi connectivity index (χ1) is 7.69. The van der Waals surface area contributed by atoms with Crippen LogP contribution in [0.15, 0.2) is 12.1 Å². The van der Waals surface area contributed by atoms with Crippen LogP contribution in [0.25, 0.3) is 0 Å². The number of hydrogen-bond acceptors (Lipinski definition) is 1. The van der Waals surface area contributed by atoms with Crippen LogP contribution in [-0.2, 0) is 6.54 Å². The molecule has 0 saturated heterocycles. The first-order valence-electron chi connectivity index (χ1n) is 5.51. The average molecular weight is 245 g/mol. The Morgan fingerprint density at radius 3 is 2.06 bits per heavy atom. The van der Waals surface area contributed by atoms with E-state index in [2.05, 4.69) is 0 Å². The number of alkyl halides is 3. The van der Waals surface area contributed by atoms with Gasteiger partial charge in [0.15, 0.2) is 0 Å². The maximum atomic E-state index is 12.2. The van der Waals surface area contributed by atoms with Gasteiger partial charge in [-0.2, -0.15) is 13.2 Å². The molecular formula is C13H18F3N. The lowest BCUT2D eigenvalue weighted by Gasteiger charge is -2.20. The zero-order chi connectivity index (χ0) is 13.2. The minimum absolute atomic E-state index is 0.326. The van der Waals surface area contributed by atoms with E-state index in [9.17, 15) is 13.2 Å². The summed E-state index contributed by atoms with van der Waals surface area (Å²) in [5, 5.41) is 0. The van der Waals surface area contributed by atoms with Crippen molar-refractivity contribution in [1.82, 2.24) is 4.90 Å². The number of halogens is 3. The molecule has 1 aromatic rings. The van der Waals surface area contributed by atoms with Crippen LogP contribution in [-0.4, -0.2) is 24.7 Å². The summed E-state index contributed by atoms with van der Waals surface area (Å²) >= 11 is 0. The monoisotopic (exact) mass is 245 g/mol. The summed E-state index contributed by atoms with van der Waals surface area (Å²) in [5.41, 5.74) is 4.29. The first kappa shape index (κ1) is 14.0. The molecule has 0 atom stereocenters. The average Bonchev–Trinajstić information content (AvgIpc) is 2.11. The lowest BCUT2D eigenvalue weighted by molar-refractivity contribution is -0.144. The SMILES string of the molecule is Cc1cc(C)c(CN(C)CC(F)(F)F)cc1C. The van der Waals surface area contributed by atoms with Crippen LogP contribution in [0.5, 0.6) is 0 Å². The Hall–Kier alpha value is -1.03. The molecular weight excluding hydrogens is 227 g/mol. The highest BCUT2D eigenvalue weighted by molar-refractivity contribution is 5.36. The van der Waals surface area contributed by atoms with Gasteiger partial charge in [-0.3, -0.25) is 4.90 Å². The van der Waals surface area contributed by atoms with Gasteiger partial charge < -0.3 is 0 Å². The Morgan fingerprint density at radius 1 is 1.00 bits per heavy atom. The lowest BCUT2D eigenvalue weighted by Crippen LogP contribution is -2.30. The van der Waals surface area contributed by atoms with E-state index in [1.54, 1.807) is 0 Å². The number of nitrogens with zero attached hydrogens (tertiary/aromatic N) is 1. The molecule has 1 aromatic carbocycles. The number of hydrogen-bond donors (Lipinski definition) is 0. The van der Waals surface area contributed by atoms with E-state index >= 15 is 0 Å². The summed E-state index contributed by atoms with van der Waals surface area (Å²) in [5.74, 6) is 0. The van der Waals surface area contributed by atoms with Crippen molar-refractivity contribution in [3.8, 4) is 0 Å². The quantitative estimate of drug-likeness (QED) is 0.786. The fraction of sp³-hybridized carbons (Fsp3) is 0.538. The smallest absolute Gasteiger partial charge is 0.294 e. The van der Waals surface area contributed by atoms with Gasteiger partial charge in [0.25, 0.3) is 0 Å². The third-order valence-electron chi connectivity index (χ3n) is 2.84. The van der Waals surface area contributed by atoms with Gasteiger partial charge in [0.2, 0.25) is 0 Å². The molecule has 0 spiro atoms. The van der Waals surface area contributed by atoms with Crippen molar-refractivity contribution in [3.05, 3.63) is 34.4 Å². The van der Waals surface area contributed by atoms with Crippen LogP contribution in [0, 0.1) is 20.8 Å². The summed E-state index contributed by atoms with van der Waals surface area (Å²) in [6.45, 7) is 5.36. The van der Waals surface area contributed by atoms with Gasteiger partial charge in [-0.25, -0.2) is 0 Å². The van der Waals surface area contributed by atoms with Crippen molar-refractivity contribution in [2.45, 2.75) is 33.5 Å². The molecule has 0 amide bonds. The predicted octanol–water partition coefficient (Wildman–Crippen LogP) is 3.61. The molecule has 0 heterocycles. The molecule has 0 saturated carbocycles. The second-order valence-corrected chi connectivity index (χ2v) is 4.65. The Labute approximate surface area is 100 Å². The molecule has 4 heteroatoms. The van der Waals surface area contributed by atoms with Crippen LogP contribution in [0.1, 0.15) is 22.3 Å². The van der Waals surface area contributed by atoms with Gasteiger partial charge in [0.1, 0.15) is 0 Å². The number of benzene rings is 1. The summed E-state index contributed by atoms with van der Waals surface area (Å²) in [7, 11) is 1.49. The summed E-state index contributed by atoms with van der Waals surface area (Å²) in [6.07, 6.45) is -4.14. The molecule has 0 aliphatic heterocycles. The third kappa shape index (κ3) is 4.38. The minimum atomic E-state index is -4.14. The molecule has 1 rings (SSSR count). The van der Waals surface area contributed by atoms with Gasteiger partial charge in [0, 0.05) is 6.54 Å². The zero-order valence-corrected chi connectivity index (χ0v) is 10.7. The van der Waals surface area contributed by atoms with E-state index in [0.29, 0.717) is 6.54 Å². The molecule has 0 aromatic heterocycles. The van der Waals surface area contributed by atoms with Crippen molar-refractivity contribution in [2.75, 3.05) is 13.6 Å². The molecule has 0 N–H and O–H groups in total. The largest absolute Gasteiger partial charge is 0.401 e. The first-order valence-corrected chi connectivity index (χ1v) is 5.51. The molecule has 0 unspecified atom stereocenters. The van der Waals surface area contributed by atoms with Crippen LogP contribution < -0.4 is 0 Å². The fourth-order valence-electron chi connectivity index (χ4n) is 1.84. The van der Waals surface area contributed by atoms with Crippen molar-refractivity contribution in [3.63, 3.8) is 0 Å². The van der Waals surface area contributed by atoms with Gasteiger partial charge in [-0.1, -0.05) is 12.1 Å². The fourth-order valence-corrected chi connectivity index (χ4v) is 1.84. The highest BCUT2D eigenvalue weighted by Crippen LogP contribution is 2.20. The number of aryl methyl sites for hydroxylation is 3. The number of rotatable bonds is 3. The Morgan fingerprint density at radius 2 is 1.53 bits per heavy atom. The second kappa shape index (κ2) is 5.08. The second-order valence-electron chi connectivity index (χ2n) is 4.65. The Bertz CT molecular complexity index is 396. The molecule has 96 valence electrons. The van der Waals surface area contributed by atoms with Crippen LogP contribution in [0.4, 0.5) is 13.2 Å². The summed E-state index contributed by atoms with van der Waals surface area (Å²) in [4.78, 5) is 1.29.